The molecule has 0 aliphatic rings. The van der Waals surface area contributed by atoms with Crippen LogP contribution in [-0.2, 0) is 13.2 Å². The van der Waals surface area contributed by atoms with Crippen LogP contribution in [0.4, 0.5) is 18.0 Å². The molecular weight excluding hydrogens is 445 g/mol. The third-order valence-corrected chi connectivity index (χ3v) is 5.55. The summed E-state index contributed by atoms with van der Waals surface area (Å²) in [6, 6.07) is 8.36. The number of aromatic nitrogens is 1. The van der Waals surface area contributed by atoms with Gasteiger partial charge in [-0.05, 0) is 46.7 Å². The lowest BCUT2D eigenvalue weighted by Gasteiger charge is -2.34. The molecule has 170 valence electrons. The number of hydrogen-bond acceptors (Lipinski definition) is 2. The molecule has 0 fully saturated rings. The van der Waals surface area contributed by atoms with E-state index in [-0.39, 0.29) is 5.56 Å². The quantitative estimate of drug-likeness (QED) is 0.480. The van der Waals surface area contributed by atoms with Gasteiger partial charge in [0.1, 0.15) is 0 Å². The molecule has 1 amide bonds. The number of amides is 1. The number of nitrogens with zero attached hydrogens (tertiary/aromatic N) is 1. The van der Waals surface area contributed by atoms with E-state index >= 15 is 0 Å². The van der Waals surface area contributed by atoms with E-state index in [9.17, 15) is 27.9 Å². The highest BCUT2D eigenvalue weighted by Gasteiger charge is 2.34. The van der Waals surface area contributed by atoms with E-state index in [4.69, 9.17) is 11.6 Å². The van der Waals surface area contributed by atoms with Crippen LogP contribution in [0.2, 0.25) is 5.02 Å². The Hall–Kier alpha value is -3.00. The van der Waals surface area contributed by atoms with Gasteiger partial charge in [-0.2, -0.15) is 13.2 Å². The van der Waals surface area contributed by atoms with Crippen molar-refractivity contribution in [3.63, 3.8) is 0 Å². The molecule has 1 atom stereocenters. The first-order valence-corrected chi connectivity index (χ1v) is 10.1. The highest BCUT2D eigenvalue weighted by molar-refractivity contribution is 6.31. The SMILES string of the molecule is Cn1c(C(NC(=O)O)C(C)(C)C)c(-c2ccc(C(F)(F)F)cc2)c2cc(Cl)ccc2c1=O. The summed E-state index contributed by atoms with van der Waals surface area (Å²) < 4.78 is 40.7. The van der Waals surface area contributed by atoms with Crippen molar-refractivity contribution < 1.29 is 23.1 Å². The molecule has 5 nitrogen and oxygen atoms in total. The number of nitrogens with one attached hydrogen (secondary N) is 1. The van der Waals surface area contributed by atoms with Crippen molar-refractivity contribution in [1.82, 2.24) is 9.88 Å². The molecule has 1 aromatic heterocycles. The number of halogens is 4. The van der Waals surface area contributed by atoms with E-state index in [2.05, 4.69) is 5.32 Å². The van der Waals surface area contributed by atoms with Crippen LogP contribution in [0.5, 0.6) is 0 Å². The van der Waals surface area contributed by atoms with Crippen molar-refractivity contribution in [2.75, 3.05) is 0 Å². The Morgan fingerprint density at radius 1 is 1.06 bits per heavy atom. The first kappa shape index (κ1) is 23.7. The van der Waals surface area contributed by atoms with E-state index in [1.165, 1.54) is 23.7 Å². The minimum Gasteiger partial charge on any atom is -0.465 e. The van der Waals surface area contributed by atoms with Crippen LogP contribution >= 0.6 is 11.6 Å². The lowest BCUT2D eigenvalue weighted by Crippen LogP contribution is -2.39. The highest BCUT2D eigenvalue weighted by Crippen LogP contribution is 2.41. The Balaban J connectivity index is 2.47. The fourth-order valence-corrected chi connectivity index (χ4v) is 3.96. The molecule has 0 saturated heterocycles. The van der Waals surface area contributed by atoms with E-state index < -0.39 is 29.3 Å². The second-order valence-corrected chi connectivity index (χ2v) is 9.07. The second-order valence-electron chi connectivity index (χ2n) is 8.64. The van der Waals surface area contributed by atoms with Gasteiger partial charge in [0, 0.05) is 23.0 Å². The molecule has 1 heterocycles. The van der Waals surface area contributed by atoms with Crippen molar-refractivity contribution in [2.45, 2.75) is 33.0 Å². The number of fused-ring (bicyclic) bond motifs is 1. The Kier molecular flexibility index (Phi) is 6.04. The second kappa shape index (κ2) is 8.16. The normalized spacial score (nSPS) is 13.2. The number of rotatable bonds is 3. The smallest absolute Gasteiger partial charge is 0.416 e. The Morgan fingerprint density at radius 2 is 1.66 bits per heavy atom. The number of alkyl halides is 3. The van der Waals surface area contributed by atoms with Crippen LogP contribution in [0.15, 0.2) is 47.3 Å². The third kappa shape index (κ3) is 4.46. The van der Waals surface area contributed by atoms with E-state index in [0.29, 0.717) is 32.6 Å². The molecule has 0 spiro atoms. The van der Waals surface area contributed by atoms with Crippen LogP contribution in [-0.4, -0.2) is 15.8 Å². The predicted molar refractivity (Wildman–Crippen MR) is 118 cm³/mol. The van der Waals surface area contributed by atoms with Crippen molar-refractivity contribution in [3.05, 3.63) is 69.1 Å². The molecule has 1 unspecified atom stereocenters. The number of carbonyl (C=O) groups is 1. The summed E-state index contributed by atoms with van der Waals surface area (Å²) in [5.41, 5.74) is -0.686. The highest BCUT2D eigenvalue weighted by atomic mass is 35.5. The Labute approximate surface area is 187 Å². The summed E-state index contributed by atoms with van der Waals surface area (Å²) in [5, 5.41) is 13.0. The number of pyridine rings is 1. The van der Waals surface area contributed by atoms with Gasteiger partial charge in [-0.3, -0.25) is 4.79 Å². The lowest BCUT2D eigenvalue weighted by atomic mass is 9.81. The summed E-state index contributed by atoms with van der Waals surface area (Å²) >= 11 is 6.19. The van der Waals surface area contributed by atoms with E-state index in [1.54, 1.807) is 39.0 Å². The van der Waals surface area contributed by atoms with Gasteiger partial charge in [0.2, 0.25) is 0 Å². The van der Waals surface area contributed by atoms with Gasteiger partial charge < -0.3 is 15.0 Å². The molecular formula is C23H22ClF3N2O3. The molecule has 0 bridgehead atoms. The maximum Gasteiger partial charge on any atom is 0.416 e. The van der Waals surface area contributed by atoms with Crippen molar-refractivity contribution >= 4 is 28.5 Å². The average Bonchev–Trinajstić information content (AvgIpc) is 2.67. The van der Waals surface area contributed by atoms with Gasteiger partial charge in [-0.1, -0.05) is 44.5 Å². The van der Waals surface area contributed by atoms with Gasteiger partial charge >= 0.3 is 12.3 Å². The standard InChI is InChI=1S/C23H22ClF3N2O3/c1-22(2,3)19(28-21(31)32)18-17(12-5-7-13(8-6-12)23(25,26)27)16-11-14(24)9-10-15(16)20(30)29(18)4/h5-11,19,28H,1-4H3,(H,31,32). The fraction of sp³-hybridized carbons (Fsp3) is 0.304. The summed E-state index contributed by atoms with van der Waals surface area (Å²) in [6.07, 6.45) is -5.79. The molecule has 0 aliphatic carbocycles. The van der Waals surface area contributed by atoms with Gasteiger partial charge in [0.25, 0.3) is 5.56 Å². The summed E-state index contributed by atoms with van der Waals surface area (Å²) in [7, 11) is 1.52. The minimum atomic E-state index is -4.50. The largest absolute Gasteiger partial charge is 0.465 e. The minimum absolute atomic E-state index is 0.318. The van der Waals surface area contributed by atoms with Crippen LogP contribution in [0.25, 0.3) is 21.9 Å². The first-order chi connectivity index (χ1) is 14.7. The molecule has 3 aromatic rings. The average molecular weight is 467 g/mol. The number of benzene rings is 2. The van der Waals surface area contributed by atoms with Crippen molar-refractivity contribution in [2.24, 2.45) is 12.5 Å². The lowest BCUT2D eigenvalue weighted by molar-refractivity contribution is -0.137. The third-order valence-electron chi connectivity index (χ3n) is 5.31. The maximum atomic E-state index is 13.1. The molecule has 0 saturated carbocycles. The predicted octanol–water partition coefficient (Wildman–Crippen LogP) is 6.23. The fourth-order valence-electron chi connectivity index (χ4n) is 3.79. The monoisotopic (exact) mass is 466 g/mol. The molecule has 32 heavy (non-hydrogen) atoms. The van der Waals surface area contributed by atoms with Crippen LogP contribution in [0.3, 0.4) is 0 Å². The van der Waals surface area contributed by atoms with Crippen LogP contribution in [0.1, 0.15) is 38.1 Å². The Bertz CT molecular complexity index is 1240. The first-order valence-electron chi connectivity index (χ1n) is 9.71. The zero-order chi connectivity index (χ0) is 24.0. The Morgan fingerprint density at radius 3 is 2.16 bits per heavy atom. The van der Waals surface area contributed by atoms with Gasteiger partial charge in [0.15, 0.2) is 0 Å². The van der Waals surface area contributed by atoms with Crippen LogP contribution in [0, 0.1) is 5.41 Å². The molecule has 0 aliphatic heterocycles. The molecule has 2 N–H and O–H groups in total. The van der Waals surface area contributed by atoms with Crippen molar-refractivity contribution in [3.8, 4) is 11.1 Å². The zero-order valence-electron chi connectivity index (χ0n) is 17.8. The maximum absolute atomic E-state index is 13.1. The van der Waals surface area contributed by atoms with E-state index in [1.807, 2.05) is 0 Å². The number of carboxylic acid groups (broad SMARTS) is 1. The van der Waals surface area contributed by atoms with Crippen LogP contribution < -0.4 is 10.9 Å². The summed E-state index contributed by atoms with van der Waals surface area (Å²) in [4.78, 5) is 24.7. The summed E-state index contributed by atoms with van der Waals surface area (Å²) in [6.45, 7) is 5.41. The molecule has 2 aromatic carbocycles. The van der Waals surface area contributed by atoms with Gasteiger partial charge in [-0.25, -0.2) is 4.79 Å². The number of hydrogen-bond donors (Lipinski definition) is 2. The van der Waals surface area contributed by atoms with Gasteiger partial charge in [0.05, 0.1) is 17.3 Å². The summed E-state index contributed by atoms with van der Waals surface area (Å²) in [5.74, 6) is 0. The van der Waals surface area contributed by atoms with Crippen molar-refractivity contribution in [1.29, 1.82) is 0 Å². The van der Waals surface area contributed by atoms with Gasteiger partial charge in [-0.15, -0.1) is 0 Å². The molecule has 9 heteroatoms. The topological polar surface area (TPSA) is 71.3 Å². The van der Waals surface area contributed by atoms with E-state index in [0.717, 1.165) is 12.1 Å². The molecule has 3 rings (SSSR count). The zero-order valence-corrected chi connectivity index (χ0v) is 18.6. The molecule has 0 radical (unpaired) electrons.